The number of aryl methyl sites for hydroxylation is 1. The zero-order valence-electron chi connectivity index (χ0n) is 17.7. The molecule has 0 aliphatic carbocycles. The first kappa shape index (κ1) is 20.3. The lowest BCUT2D eigenvalue weighted by atomic mass is 10.2. The van der Waals surface area contributed by atoms with E-state index >= 15 is 0 Å². The molecule has 0 radical (unpaired) electrons. The molecule has 3 aromatic carbocycles. The Morgan fingerprint density at radius 3 is 2.36 bits per heavy atom. The average Bonchev–Trinajstić information content (AvgIpc) is 3.09. The molecule has 2 heterocycles. The molecule has 5 rings (SSSR count). The Balaban J connectivity index is 1.65. The standard InChI is InChI=1S/C25H19FN6O/c1-15-6-12-18(13-7-15)29-25(33)21-22-24(31-20-5-3-2-4-19(20)30-22)32(23(21)27)28-14-16-8-10-17(26)11-9-16/h2-14H,27H2,1H3,(H,29,33)/b28-14+. The number of para-hydroxylation sites is 2. The van der Waals surface area contributed by atoms with E-state index in [1.807, 2.05) is 55.5 Å². The number of anilines is 2. The van der Waals surface area contributed by atoms with Crippen molar-refractivity contribution in [2.45, 2.75) is 6.92 Å². The second-order valence-electron chi connectivity index (χ2n) is 7.57. The Kier molecular flexibility index (Phi) is 5.02. The van der Waals surface area contributed by atoms with Gasteiger partial charge in [-0.05, 0) is 48.9 Å². The van der Waals surface area contributed by atoms with Gasteiger partial charge in [0.15, 0.2) is 5.65 Å². The van der Waals surface area contributed by atoms with Crippen molar-refractivity contribution in [1.82, 2.24) is 14.6 Å². The predicted octanol–water partition coefficient (Wildman–Crippen LogP) is 4.75. The normalized spacial score (nSPS) is 11.5. The summed E-state index contributed by atoms with van der Waals surface area (Å²) in [6.45, 7) is 1.97. The lowest BCUT2D eigenvalue weighted by Crippen LogP contribution is -2.14. The number of carbonyl (C=O) groups is 1. The molecule has 0 aliphatic heterocycles. The van der Waals surface area contributed by atoms with Crippen LogP contribution in [0.15, 0.2) is 77.9 Å². The fraction of sp³-hybridized carbons (Fsp3) is 0.0400. The van der Waals surface area contributed by atoms with E-state index < -0.39 is 5.91 Å². The smallest absolute Gasteiger partial charge is 0.261 e. The number of nitrogens with zero attached hydrogens (tertiary/aromatic N) is 4. The van der Waals surface area contributed by atoms with E-state index in [1.165, 1.54) is 23.0 Å². The van der Waals surface area contributed by atoms with Gasteiger partial charge >= 0.3 is 0 Å². The zero-order chi connectivity index (χ0) is 22.9. The van der Waals surface area contributed by atoms with Gasteiger partial charge in [-0.2, -0.15) is 9.78 Å². The first-order valence-electron chi connectivity index (χ1n) is 10.2. The van der Waals surface area contributed by atoms with Gasteiger partial charge in [0, 0.05) is 5.69 Å². The maximum Gasteiger partial charge on any atom is 0.261 e. The Labute approximate surface area is 188 Å². The van der Waals surface area contributed by atoms with Crippen LogP contribution >= 0.6 is 0 Å². The molecule has 8 heteroatoms. The van der Waals surface area contributed by atoms with Gasteiger partial charge in [-0.25, -0.2) is 14.4 Å². The Hall–Kier alpha value is -4.59. The number of nitrogen functional groups attached to an aromatic ring is 1. The molecule has 3 N–H and O–H groups in total. The summed E-state index contributed by atoms with van der Waals surface area (Å²) in [5.74, 6) is -0.657. The first-order chi connectivity index (χ1) is 16.0. The van der Waals surface area contributed by atoms with Crippen LogP contribution in [0.2, 0.25) is 0 Å². The molecule has 0 saturated heterocycles. The van der Waals surface area contributed by atoms with E-state index in [2.05, 4.69) is 20.4 Å². The first-order valence-corrected chi connectivity index (χ1v) is 10.2. The number of aromatic nitrogens is 3. The van der Waals surface area contributed by atoms with Crippen molar-refractivity contribution in [2.24, 2.45) is 5.10 Å². The van der Waals surface area contributed by atoms with Crippen LogP contribution in [0.25, 0.3) is 22.2 Å². The Bertz CT molecular complexity index is 1520. The number of rotatable bonds is 4. The van der Waals surface area contributed by atoms with Crippen molar-refractivity contribution in [2.75, 3.05) is 11.1 Å². The summed E-state index contributed by atoms with van der Waals surface area (Å²) in [7, 11) is 0. The van der Waals surface area contributed by atoms with Crippen molar-refractivity contribution < 1.29 is 9.18 Å². The molecule has 0 atom stereocenters. The van der Waals surface area contributed by atoms with Gasteiger partial charge in [0.2, 0.25) is 0 Å². The van der Waals surface area contributed by atoms with Crippen LogP contribution in [0.1, 0.15) is 21.5 Å². The minimum absolute atomic E-state index is 0.100. The monoisotopic (exact) mass is 438 g/mol. The van der Waals surface area contributed by atoms with Gasteiger partial charge in [0.1, 0.15) is 22.7 Å². The maximum atomic E-state index is 13.2. The molecule has 7 nitrogen and oxygen atoms in total. The number of benzene rings is 3. The maximum absolute atomic E-state index is 13.2. The fourth-order valence-corrected chi connectivity index (χ4v) is 3.49. The number of nitrogens with two attached hydrogens (primary N) is 1. The van der Waals surface area contributed by atoms with Crippen molar-refractivity contribution >= 4 is 45.8 Å². The third-order valence-electron chi connectivity index (χ3n) is 5.20. The van der Waals surface area contributed by atoms with E-state index in [4.69, 9.17) is 5.73 Å². The number of carbonyl (C=O) groups excluding carboxylic acids is 1. The molecule has 0 fully saturated rings. The van der Waals surface area contributed by atoms with Crippen molar-refractivity contribution in [3.05, 3.63) is 95.3 Å². The largest absolute Gasteiger partial charge is 0.383 e. The van der Waals surface area contributed by atoms with Gasteiger partial charge in [-0.1, -0.05) is 42.0 Å². The van der Waals surface area contributed by atoms with Crippen molar-refractivity contribution in [3.63, 3.8) is 0 Å². The summed E-state index contributed by atoms with van der Waals surface area (Å²) in [6.07, 6.45) is 1.52. The number of amides is 1. The Morgan fingerprint density at radius 1 is 1.00 bits per heavy atom. The molecule has 0 spiro atoms. The molecule has 0 aliphatic rings. The Morgan fingerprint density at radius 2 is 1.67 bits per heavy atom. The number of hydrogen-bond acceptors (Lipinski definition) is 5. The summed E-state index contributed by atoms with van der Waals surface area (Å²) in [4.78, 5) is 22.5. The van der Waals surface area contributed by atoms with E-state index in [0.29, 0.717) is 33.4 Å². The van der Waals surface area contributed by atoms with Gasteiger partial charge in [-0.15, -0.1) is 0 Å². The minimum atomic E-state index is -0.415. The number of halogens is 1. The fourth-order valence-electron chi connectivity index (χ4n) is 3.49. The molecule has 5 aromatic rings. The van der Waals surface area contributed by atoms with E-state index in [1.54, 1.807) is 12.1 Å². The summed E-state index contributed by atoms with van der Waals surface area (Å²) < 4.78 is 14.6. The molecular weight excluding hydrogens is 419 g/mol. The van der Waals surface area contributed by atoms with Crippen LogP contribution in [0, 0.1) is 12.7 Å². The quantitative estimate of drug-likeness (QED) is 0.396. The third kappa shape index (κ3) is 3.89. The molecule has 2 aromatic heterocycles. The van der Waals surface area contributed by atoms with Crippen LogP contribution < -0.4 is 11.1 Å². The van der Waals surface area contributed by atoms with Gasteiger partial charge in [0.05, 0.1) is 17.2 Å². The lowest BCUT2D eigenvalue weighted by molar-refractivity contribution is 0.102. The number of fused-ring (bicyclic) bond motifs is 2. The third-order valence-corrected chi connectivity index (χ3v) is 5.20. The minimum Gasteiger partial charge on any atom is -0.383 e. The number of hydrogen-bond donors (Lipinski definition) is 2. The highest BCUT2D eigenvalue weighted by Crippen LogP contribution is 2.28. The van der Waals surface area contributed by atoms with Gasteiger partial charge in [0.25, 0.3) is 5.91 Å². The SMILES string of the molecule is Cc1ccc(NC(=O)c2c(N)n(/N=C/c3ccc(F)cc3)c3nc4ccccc4nc23)cc1. The highest BCUT2D eigenvalue weighted by atomic mass is 19.1. The van der Waals surface area contributed by atoms with Crippen LogP contribution in [0.3, 0.4) is 0 Å². The summed E-state index contributed by atoms with van der Waals surface area (Å²) in [6, 6.07) is 20.6. The number of nitrogens with one attached hydrogen (secondary N) is 1. The second kappa shape index (κ2) is 8.16. The second-order valence-corrected chi connectivity index (χ2v) is 7.57. The molecule has 0 saturated carbocycles. The highest BCUT2D eigenvalue weighted by molar-refractivity contribution is 6.16. The summed E-state index contributed by atoms with van der Waals surface area (Å²) in [5, 5.41) is 7.29. The zero-order valence-corrected chi connectivity index (χ0v) is 17.7. The van der Waals surface area contributed by atoms with Crippen LogP contribution in [-0.4, -0.2) is 26.8 Å². The van der Waals surface area contributed by atoms with Gasteiger partial charge < -0.3 is 11.1 Å². The molecule has 1 amide bonds. The summed E-state index contributed by atoms with van der Waals surface area (Å²) >= 11 is 0. The highest BCUT2D eigenvalue weighted by Gasteiger charge is 2.24. The topological polar surface area (TPSA) is 98.2 Å². The van der Waals surface area contributed by atoms with Crippen LogP contribution in [0.4, 0.5) is 15.9 Å². The molecular formula is C25H19FN6O. The average molecular weight is 438 g/mol. The van der Waals surface area contributed by atoms with Crippen molar-refractivity contribution in [3.8, 4) is 0 Å². The van der Waals surface area contributed by atoms with Crippen LogP contribution in [-0.2, 0) is 0 Å². The van der Waals surface area contributed by atoms with Gasteiger partial charge in [-0.3, -0.25) is 4.79 Å². The summed E-state index contributed by atoms with van der Waals surface area (Å²) in [5.41, 5.74) is 10.9. The molecule has 33 heavy (non-hydrogen) atoms. The lowest BCUT2D eigenvalue weighted by Gasteiger charge is -2.06. The van der Waals surface area contributed by atoms with E-state index in [9.17, 15) is 9.18 Å². The molecule has 0 bridgehead atoms. The molecule has 0 unspecified atom stereocenters. The van der Waals surface area contributed by atoms with Crippen LogP contribution in [0.5, 0.6) is 0 Å². The predicted molar refractivity (Wildman–Crippen MR) is 128 cm³/mol. The van der Waals surface area contributed by atoms with E-state index in [0.717, 1.165) is 5.56 Å². The van der Waals surface area contributed by atoms with E-state index in [-0.39, 0.29) is 17.2 Å². The molecule has 162 valence electrons. The van der Waals surface area contributed by atoms with Crippen molar-refractivity contribution in [1.29, 1.82) is 0 Å².